The Labute approximate surface area is 82.7 Å². The summed E-state index contributed by atoms with van der Waals surface area (Å²) in [5.41, 5.74) is 3.60. The van der Waals surface area contributed by atoms with Gasteiger partial charge in [-0.1, -0.05) is 11.2 Å². The van der Waals surface area contributed by atoms with Crippen molar-refractivity contribution in [1.82, 2.24) is 0 Å². The van der Waals surface area contributed by atoms with Gasteiger partial charge in [0.2, 0.25) is 0 Å². The van der Waals surface area contributed by atoms with E-state index >= 15 is 0 Å². The number of nitrogens with zero attached hydrogens (tertiary/aromatic N) is 1. The average molecular weight is 191 g/mol. The number of phenols is 1. The summed E-state index contributed by atoms with van der Waals surface area (Å²) in [4.78, 5) is 0. The van der Waals surface area contributed by atoms with Crippen molar-refractivity contribution in [2.45, 2.75) is 26.2 Å². The van der Waals surface area contributed by atoms with E-state index in [1.54, 1.807) is 6.07 Å². The summed E-state index contributed by atoms with van der Waals surface area (Å²) < 4.78 is 0. The Hall–Kier alpha value is -1.51. The van der Waals surface area contributed by atoms with Gasteiger partial charge in [0.25, 0.3) is 0 Å². The Kier molecular flexibility index (Phi) is 2.15. The highest BCUT2D eigenvalue weighted by molar-refractivity contribution is 6.04. The molecule has 1 aliphatic rings. The van der Waals surface area contributed by atoms with E-state index < -0.39 is 0 Å². The van der Waals surface area contributed by atoms with Crippen LogP contribution < -0.4 is 0 Å². The molecule has 0 amide bonds. The standard InChI is InChI=1S/C11H13NO2/c1-7-5-6-10(13)8-3-2-4-9(12-14)11(7)8/h5-6,13-14H,2-4H2,1H3/b12-9+. The van der Waals surface area contributed by atoms with Crippen LogP contribution in [-0.2, 0) is 6.42 Å². The van der Waals surface area contributed by atoms with Crippen molar-refractivity contribution in [1.29, 1.82) is 0 Å². The van der Waals surface area contributed by atoms with E-state index in [0.29, 0.717) is 11.5 Å². The van der Waals surface area contributed by atoms with E-state index in [1.165, 1.54) is 0 Å². The van der Waals surface area contributed by atoms with Crippen LogP contribution in [0.1, 0.15) is 29.5 Å². The van der Waals surface area contributed by atoms with Gasteiger partial charge in [-0.15, -0.1) is 0 Å². The second-order valence-electron chi connectivity index (χ2n) is 3.66. The number of rotatable bonds is 0. The van der Waals surface area contributed by atoms with Gasteiger partial charge in [0, 0.05) is 11.1 Å². The highest BCUT2D eigenvalue weighted by Gasteiger charge is 2.20. The van der Waals surface area contributed by atoms with Gasteiger partial charge in [0.1, 0.15) is 5.75 Å². The lowest BCUT2D eigenvalue weighted by Gasteiger charge is -2.19. The van der Waals surface area contributed by atoms with Gasteiger partial charge >= 0.3 is 0 Å². The number of phenolic OH excluding ortho intramolecular Hbond substituents is 1. The Balaban J connectivity index is 2.67. The molecule has 2 rings (SSSR count). The molecule has 3 nitrogen and oxygen atoms in total. The molecule has 0 unspecified atom stereocenters. The van der Waals surface area contributed by atoms with E-state index in [0.717, 1.165) is 36.0 Å². The van der Waals surface area contributed by atoms with E-state index in [-0.39, 0.29) is 0 Å². The third kappa shape index (κ3) is 1.25. The first kappa shape index (κ1) is 9.06. The van der Waals surface area contributed by atoms with Crippen LogP contribution >= 0.6 is 0 Å². The van der Waals surface area contributed by atoms with Crippen LogP contribution in [0, 0.1) is 6.92 Å². The zero-order valence-electron chi connectivity index (χ0n) is 8.12. The fraction of sp³-hybridized carbons (Fsp3) is 0.364. The summed E-state index contributed by atoms with van der Waals surface area (Å²) in [6, 6.07) is 3.55. The van der Waals surface area contributed by atoms with Crippen molar-refractivity contribution in [3.63, 3.8) is 0 Å². The first-order valence-electron chi connectivity index (χ1n) is 4.77. The zero-order valence-corrected chi connectivity index (χ0v) is 8.12. The van der Waals surface area contributed by atoms with E-state index in [2.05, 4.69) is 5.16 Å². The van der Waals surface area contributed by atoms with Gasteiger partial charge in [-0.3, -0.25) is 0 Å². The largest absolute Gasteiger partial charge is 0.508 e. The molecule has 0 bridgehead atoms. The number of aromatic hydroxyl groups is 1. The van der Waals surface area contributed by atoms with Crippen molar-refractivity contribution in [2.24, 2.45) is 5.16 Å². The molecule has 0 spiro atoms. The van der Waals surface area contributed by atoms with Crippen molar-refractivity contribution in [3.05, 3.63) is 28.8 Å². The molecule has 0 atom stereocenters. The molecule has 0 radical (unpaired) electrons. The summed E-state index contributed by atoms with van der Waals surface area (Å²) in [6.45, 7) is 1.97. The Morgan fingerprint density at radius 3 is 2.79 bits per heavy atom. The average Bonchev–Trinajstić information content (AvgIpc) is 2.23. The third-order valence-corrected chi connectivity index (χ3v) is 2.75. The molecule has 0 heterocycles. The maximum absolute atomic E-state index is 9.66. The first-order valence-corrected chi connectivity index (χ1v) is 4.77. The molecule has 0 saturated heterocycles. The molecular weight excluding hydrogens is 178 g/mol. The summed E-state index contributed by atoms with van der Waals surface area (Å²) in [6.07, 6.45) is 2.58. The number of aryl methyl sites for hydroxylation is 1. The van der Waals surface area contributed by atoms with E-state index in [1.807, 2.05) is 13.0 Å². The number of hydrogen-bond acceptors (Lipinski definition) is 3. The van der Waals surface area contributed by atoms with Crippen molar-refractivity contribution >= 4 is 5.71 Å². The molecule has 0 aliphatic heterocycles. The van der Waals surface area contributed by atoms with Crippen LogP contribution in [-0.4, -0.2) is 16.0 Å². The highest BCUT2D eigenvalue weighted by Crippen LogP contribution is 2.31. The maximum Gasteiger partial charge on any atom is 0.119 e. The molecule has 0 fully saturated rings. The van der Waals surface area contributed by atoms with Gasteiger partial charge in [0.05, 0.1) is 5.71 Å². The molecule has 2 N–H and O–H groups in total. The van der Waals surface area contributed by atoms with Crippen molar-refractivity contribution in [2.75, 3.05) is 0 Å². The van der Waals surface area contributed by atoms with Crippen molar-refractivity contribution < 1.29 is 10.3 Å². The normalized spacial score (nSPS) is 18.2. The fourth-order valence-corrected chi connectivity index (χ4v) is 2.07. The lowest BCUT2D eigenvalue weighted by molar-refractivity contribution is 0.317. The van der Waals surface area contributed by atoms with Crippen LogP contribution in [0.4, 0.5) is 0 Å². The highest BCUT2D eigenvalue weighted by atomic mass is 16.4. The molecule has 3 heteroatoms. The summed E-state index contributed by atoms with van der Waals surface area (Å²) in [7, 11) is 0. The summed E-state index contributed by atoms with van der Waals surface area (Å²) in [5.74, 6) is 0.312. The molecule has 1 aliphatic carbocycles. The second kappa shape index (κ2) is 3.33. The third-order valence-electron chi connectivity index (χ3n) is 2.75. The summed E-state index contributed by atoms with van der Waals surface area (Å²) in [5, 5.41) is 21.8. The molecule has 14 heavy (non-hydrogen) atoms. The number of fused-ring (bicyclic) bond motifs is 1. The molecular formula is C11H13NO2. The van der Waals surface area contributed by atoms with Crippen LogP contribution in [0.2, 0.25) is 0 Å². The molecule has 74 valence electrons. The minimum Gasteiger partial charge on any atom is -0.508 e. The molecule has 1 aromatic rings. The minimum atomic E-state index is 0.312. The summed E-state index contributed by atoms with van der Waals surface area (Å²) >= 11 is 0. The van der Waals surface area contributed by atoms with E-state index in [9.17, 15) is 5.11 Å². The number of hydrogen-bond donors (Lipinski definition) is 2. The SMILES string of the molecule is Cc1ccc(O)c2c1/C(=N/O)CCC2. The quantitative estimate of drug-likeness (QED) is 0.488. The smallest absolute Gasteiger partial charge is 0.119 e. The molecule has 0 saturated carbocycles. The zero-order chi connectivity index (χ0) is 10.1. The van der Waals surface area contributed by atoms with Crippen LogP contribution in [0.3, 0.4) is 0 Å². The van der Waals surface area contributed by atoms with Crippen LogP contribution in [0.5, 0.6) is 5.75 Å². The van der Waals surface area contributed by atoms with Crippen LogP contribution in [0.15, 0.2) is 17.3 Å². The number of oxime groups is 1. The lowest BCUT2D eigenvalue weighted by Crippen LogP contribution is -2.13. The predicted octanol–water partition coefficient (Wildman–Crippen LogP) is 2.22. The van der Waals surface area contributed by atoms with Gasteiger partial charge in [-0.05, 0) is 37.8 Å². The van der Waals surface area contributed by atoms with Gasteiger partial charge in [0.15, 0.2) is 0 Å². The Bertz CT molecular complexity index is 397. The molecule has 1 aromatic carbocycles. The fourth-order valence-electron chi connectivity index (χ4n) is 2.07. The second-order valence-corrected chi connectivity index (χ2v) is 3.66. The minimum absolute atomic E-state index is 0.312. The Morgan fingerprint density at radius 1 is 1.29 bits per heavy atom. The Morgan fingerprint density at radius 2 is 2.07 bits per heavy atom. The van der Waals surface area contributed by atoms with Crippen LogP contribution in [0.25, 0.3) is 0 Å². The predicted molar refractivity (Wildman–Crippen MR) is 54.1 cm³/mol. The lowest BCUT2D eigenvalue weighted by atomic mass is 9.86. The number of benzene rings is 1. The van der Waals surface area contributed by atoms with Crippen molar-refractivity contribution in [3.8, 4) is 5.75 Å². The topological polar surface area (TPSA) is 52.8 Å². The monoisotopic (exact) mass is 191 g/mol. The van der Waals surface area contributed by atoms with Gasteiger partial charge < -0.3 is 10.3 Å². The maximum atomic E-state index is 9.66. The molecule has 0 aromatic heterocycles. The van der Waals surface area contributed by atoms with Gasteiger partial charge in [-0.25, -0.2) is 0 Å². The van der Waals surface area contributed by atoms with E-state index in [4.69, 9.17) is 5.21 Å². The first-order chi connectivity index (χ1) is 6.74. The van der Waals surface area contributed by atoms with Gasteiger partial charge in [-0.2, -0.15) is 0 Å².